The Morgan fingerprint density at radius 1 is 1.06 bits per heavy atom. The van der Waals surface area contributed by atoms with Crippen molar-refractivity contribution in [2.24, 2.45) is 0 Å². The van der Waals surface area contributed by atoms with Crippen molar-refractivity contribution in [2.75, 3.05) is 0 Å². The number of allylic oxidation sites excluding steroid dienone is 1. The summed E-state index contributed by atoms with van der Waals surface area (Å²) in [6, 6.07) is 0. The summed E-state index contributed by atoms with van der Waals surface area (Å²) >= 11 is 0.117. The Labute approximate surface area is 112 Å². The minimum absolute atomic E-state index is 0.117. The Morgan fingerprint density at radius 2 is 1.59 bits per heavy atom. The van der Waals surface area contributed by atoms with Gasteiger partial charge >= 0.3 is 112 Å². The van der Waals surface area contributed by atoms with Crippen LogP contribution >= 0.6 is 0 Å². The Balaban J connectivity index is 3.36. The van der Waals surface area contributed by atoms with Crippen molar-refractivity contribution in [1.29, 1.82) is 0 Å². The van der Waals surface area contributed by atoms with Crippen LogP contribution in [0, 0.1) is 0 Å². The second kappa shape index (κ2) is 12.2. The van der Waals surface area contributed by atoms with Crippen molar-refractivity contribution in [1.82, 2.24) is 0 Å². The van der Waals surface area contributed by atoms with E-state index in [1.165, 1.54) is 44.9 Å². The fourth-order valence-electron chi connectivity index (χ4n) is 1.77. The van der Waals surface area contributed by atoms with Crippen LogP contribution in [0.1, 0.15) is 64.7 Å². The molecule has 0 unspecified atom stereocenters. The maximum atomic E-state index is 10.7. The molecule has 0 radical (unpaired) electrons. The normalized spacial score (nSPS) is 11.8. The summed E-state index contributed by atoms with van der Waals surface area (Å²) in [5.74, 6) is 1.23. The monoisotopic (exact) mass is 306 g/mol. The van der Waals surface area contributed by atoms with Crippen molar-refractivity contribution in [2.45, 2.75) is 70.5 Å². The van der Waals surface area contributed by atoms with Gasteiger partial charge in [0.15, 0.2) is 0 Å². The fraction of sp³-hybridized carbons (Fsp3) is 0.786. The Morgan fingerprint density at radius 3 is 2.06 bits per heavy atom. The molecule has 2 nitrogen and oxygen atoms in total. The third kappa shape index (κ3) is 10.6. The molecule has 0 atom stereocenters. The third-order valence-corrected chi connectivity index (χ3v) is 4.46. The summed E-state index contributed by atoms with van der Waals surface area (Å²) in [6.07, 6.45) is 13.3. The summed E-state index contributed by atoms with van der Waals surface area (Å²) < 4.78 is 0.625. The molecule has 0 aliphatic carbocycles. The molecule has 0 aromatic heterocycles. The van der Waals surface area contributed by atoms with Gasteiger partial charge in [0, 0.05) is 0 Å². The first-order valence-electron chi connectivity index (χ1n) is 6.69. The van der Waals surface area contributed by atoms with Gasteiger partial charge < -0.3 is 0 Å². The van der Waals surface area contributed by atoms with Gasteiger partial charge in [0.2, 0.25) is 0 Å². The van der Waals surface area contributed by atoms with Crippen LogP contribution in [0.4, 0.5) is 0 Å². The van der Waals surface area contributed by atoms with Crippen LogP contribution in [-0.2, 0) is 4.79 Å². The zero-order valence-corrected chi connectivity index (χ0v) is 12.9. The van der Waals surface area contributed by atoms with E-state index in [1.807, 2.05) is 11.9 Å². The molecule has 0 spiro atoms. The molecule has 0 amide bonds. The van der Waals surface area contributed by atoms with Gasteiger partial charge in [0.05, 0.1) is 0 Å². The topological polar surface area (TPSA) is 37.3 Å². The molecule has 0 aliphatic rings. The van der Waals surface area contributed by atoms with Gasteiger partial charge in [-0.1, -0.05) is 0 Å². The van der Waals surface area contributed by atoms with Crippen molar-refractivity contribution in [3.8, 4) is 0 Å². The quantitative estimate of drug-likeness (QED) is 0.352. The molecular weight excluding hydrogens is 279 g/mol. The van der Waals surface area contributed by atoms with E-state index in [-0.39, 0.29) is 15.0 Å². The predicted molar refractivity (Wildman–Crippen MR) is 74.6 cm³/mol. The molecule has 100 valence electrons. The van der Waals surface area contributed by atoms with Crippen molar-refractivity contribution in [3.63, 3.8) is 0 Å². The minimum atomic E-state index is -0.730. The van der Waals surface area contributed by atoms with Crippen molar-refractivity contribution < 1.29 is 9.90 Å². The molecule has 0 aliphatic heterocycles. The summed E-state index contributed by atoms with van der Waals surface area (Å²) in [5.41, 5.74) is 0. The molecule has 0 heterocycles. The predicted octanol–water partition coefficient (Wildman–Crippen LogP) is 4.24. The maximum absolute atomic E-state index is 10.7. The molecule has 0 aromatic carbocycles. The number of carbonyl (C=O) groups is 1. The van der Waals surface area contributed by atoms with E-state index in [1.54, 1.807) is 0 Å². The molecule has 0 fully saturated rings. The van der Waals surface area contributed by atoms with Crippen molar-refractivity contribution >= 4 is 20.9 Å². The molecular formula is C14H26O2Se. The third-order valence-electron chi connectivity index (χ3n) is 2.82. The molecule has 3 heteroatoms. The van der Waals surface area contributed by atoms with Gasteiger partial charge in [-0.05, 0) is 0 Å². The number of hydrogen-bond acceptors (Lipinski definition) is 1. The van der Waals surface area contributed by atoms with E-state index >= 15 is 0 Å². The van der Waals surface area contributed by atoms with Crippen LogP contribution in [0.2, 0.25) is 5.82 Å². The summed E-state index contributed by atoms with van der Waals surface area (Å²) in [4.78, 5) is 10.7. The summed E-state index contributed by atoms with van der Waals surface area (Å²) in [6.45, 7) is 2.24. The standard InChI is InChI=1S/C14H26O2Se/c1-3-4-5-6-7-8-9-10-11-12-13(17-2)14(15)16/h12H,3-11H2,1-2H3,(H,15,16)/b13-12-. The van der Waals surface area contributed by atoms with Gasteiger partial charge in [-0.3, -0.25) is 0 Å². The Hall–Kier alpha value is -0.271. The zero-order chi connectivity index (χ0) is 12.9. The number of carboxylic acids is 1. The number of aliphatic carboxylic acids is 1. The van der Waals surface area contributed by atoms with Crippen molar-refractivity contribution in [3.05, 3.63) is 10.5 Å². The van der Waals surface area contributed by atoms with Crippen LogP contribution in [0.15, 0.2) is 10.5 Å². The molecule has 0 saturated carbocycles. The molecule has 0 rings (SSSR count). The summed E-state index contributed by atoms with van der Waals surface area (Å²) in [5, 5.41) is 8.84. The summed E-state index contributed by atoms with van der Waals surface area (Å²) in [7, 11) is 0. The first-order chi connectivity index (χ1) is 8.22. The number of carboxylic acid groups (broad SMARTS) is 1. The van der Waals surface area contributed by atoms with Gasteiger partial charge in [-0.15, -0.1) is 0 Å². The Kier molecular flexibility index (Phi) is 12.0. The van der Waals surface area contributed by atoms with Gasteiger partial charge in [0.25, 0.3) is 0 Å². The van der Waals surface area contributed by atoms with E-state index < -0.39 is 5.97 Å². The van der Waals surface area contributed by atoms with Crippen LogP contribution in [-0.4, -0.2) is 26.0 Å². The molecule has 0 aromatic rings. The van der Waals surface area contributed by atoms with Gasteiger partial charge in [-0.2, -0.15) is 0 Å². The molecule has 0 saturated heterocycles. The van der Waals surface area contributed by atoms with Crippen LogP contribution in [0.5, 0.6) is 0 Å². The van der Waals surface area contributed by atoms with E-state index in [2.05, 4.69) is 6.92 Å². The first-order valence-corrected chi connectivity index (χ1v) is 9.26. The zero-order valence-electron chi connectivity index (χ0n) is 11.2. The number of rotatable bonds is 11. The fourth-order valence-corrected chi connectivity index (χ4v) is 2.73. The second-order valence-corrected chi connectivity index (χ2v) is 6.12. The van der Waals surface area contributed by atoms with Gasteiger partial charge in [0.1, 0.15) is 0 Å². The van der Waals surface area contributed by atoms with E-state index in [4.69, 9.17) is 5.11 Å². The average Bonchev–Trinajstić information content (AvgIpc) is 2.31. The van der Waals surface area contributed by atoms with Crippen LogP contribution < -0.4 is 0 Å². The second-order valence-electron chi connectivity index (χ2n) is 4.34. The Bertz CT molecular complexity index is 224. The first kappa shape index (κ1) is 16.7. The van der Waals surface area contributed by atoms with E-state index in [9.17, 15) is 4.79 Å². The van der Waals surface area contributed by atoms with Gasteiger partial charge in [-0.25, -0.2) is 0 Å². The van der Waals surface area contributed by atoms with Crippen LogP contribution in [0.3, 0.4) is 0 Å². The molecule has 1 N–H and O–H groups in total. The van der Waals surface area contributed by atoms with E-state index in [0.29, 0.717) is 4.47 Å². The number of hydrogen-bond donors (Lipinski definition) is 1. The number of unbranched alkanes of at least 4 members (excludes halogenated alkanes) is 8. The van der Waals surface area contributed by atoms with E-state index in [0.717, 1.165) is 12.8 Å². The molecule has 17 heavy (non-hydrogen) atoms. The molecule has 0 bridgehead atoms. The SMILES string of the molecule is CCCCCCCCCC/C=C(\[Se]C)C(=O)O. The van der Waals surface area contributed by atoms with Crippen LogP contribution in [0.25, 0.3) is 0 Å². The average molecular weight is 305 g/mol.